The van der Waals surface area contributed by atoms with Gasteiger partial charge in [-0.15, -0.1) is 0 Å². The molecule has 0 aliphatic carbocycles. The van der Waals surface area contributed by atoms with E-state index in [9.17, 15) is 4.79 Å². The molecular weight excluding hydrogens is 264 g/mol. The highest BCUT2D eigenvalue weighted by Crippen LogP contribution is 2.23. The topological polar surface area (TPSA) is 41.6 Å². The summed E-state index contributed by atoms with van der Waals surface area (Å²) in [4.78, 5) is 14.3. The normalized spacial score (nSPS) is 13.1. The highest BCUT2D eigenvalue weighted by Gasteiger charge is 2.26. The van der Waals surface area contributed by atoms with E-state index in [2.05, 4.69) is 16.3 Å². The lowest BCUT2D eigenvalue weighted by atomic mass is 9.89. The van der Waals surface area contributed by atoms with Gasteiger partial charge in [-0.1, -0.05) is 32.9 Å². The summed E-state index contributed by atoms with van der Waals surface area (Å²) in [6.07, 6.45) is 0.824. The molecule has 1 atom stereocenters. The average molecular weight is 292 g/mol. The molecule has 0 fully saturated rings. The van der Waals surface area contributed by atoms with Gasteiger partial charge >= 0.3 is 0 Å². The summed E-state index contributed by atoms with van der Waals surface area (Å²) in [7, 11) is 5.69. The molecule has 1 aromatic carbocycles. The Bertz CT molecular complexity index is 470. The van der Waals surface area contributed by atoms with E-state index in [1.165, 1.54) is 0 Å². The Morgan fingerprint density at radius 3 is 2.57 bits per heavy atom. The number of carbonyl (C=O) groups excluding carboxylic acids is 1. The number of nitrogens with one attached hydrogen (secondary N) is 1. The van der Waals surface area contributed by atoms with Crippen molar-refractivity contribution in [2.75, 3.05) is 27.7 Å². The van der Waals surface area contributed by atoms with Gasteiger partial charge in [0.25, 0.3) is 0 Å². The zero-order valence-electron chi connectivity index (χ0n) is 14.1. The number of rotatable bonds is 7. The zero-order chi connectivity index (χ0) is 16.0. The van der Waals surface area contributed by atoms with Crippen LogP contribution in [0.5, 0.6) is 5.75 Å². The first-order valence-corrected chi connectivity index (χ1v) is 7.40. The van der Waals surface area contributed by atoms with Crippen molar-refractivity contribution in [3.63, 3.8) is 0 Å². The van der Waals surface area contributed by atoms with E-state index in [1.807, 2.05) is 53.1 Å². The fraction of sp³-hybridized carbons (Fsp3) is 0.588. The van der Waals surface area contributed by atoms with Crippen LogP contribution in [0.2, 0.25) is 0 Å². The molecular formula is C17H28N2O2. The Morgan fingerprint density at radius 2 is 2.05 bits per heavy atom. The number of hydrogen-bond acceptors (Lipinski definition) is 3. The number of benzene rings is 1. The second kappa shape index (κ2) is 7.46. The number of hydrogen-bond donors (Lipinski definition) is 1. The van der Waals surface area contributed by atoms with Crippen LogP contribution in [0, 0.1) is 5.41 Å². The summed E-state index contributed by atoms with van der Waals surface area (Å²) in [5.74, 6) is 0.930. The molecule has 4 nitrogen and oxygen atoms in total. The first-order chi connectivity index (χ1) is 9.81. The molecule has 0 saturated heterocycles. The fourth-order valence-electron chi connectivity index (χ4n) is 2.04. The lowest BCUT2D eigenvalue weighted by Crippen LogP contribution is -2.41. The number of methoxy groups -OCH3 is 1. The van der Waals surface area contributed by atoms with Crippen LogP contribution in [0.25, 0.3) is 0 Å². The van der Waals surface area contributed by atoms with Gasteiger partial charge in [0.05, 0.1) is 13.2 Å². The molecule has 0 aliphatic rings. The molecule has 1 unspecified atom stereocenters. The Kier molecular flexibility index (Phi) is 6.21. The van der Waals surface area contributed by atoms with Crippen molar-refractivity contribution >= 4 is 5.91 Å². The van der Waals surface area contributed by atoms with Crippen LogP contribution in [0.3, 0.4) is 0 Å². The Balaban J connectivity index is 2.81. The minimum Gasteiger partial charge on any atom is -0.497 e. The lowest BCUT2D eigenvalue weighted by Gasteiger charge is -2.28. The molecule has 21 heavy (non-hydrogen) atoms. The SMILES string of the molecule is CCC(C)(C)C(=O)NCC(c1cccc(OC)c1)N(C)C. The molecule has 0 radical (unpaired) electrons. The van der Waals surface area contributed by atoms with E-state index in [0.717, 1.165) is 17.7 Å². The molecule has 0 aromatic heterocycles. The zero-order valence-corrected chi connectivity index (χ0v) is 14.1. The van der Waals surface area contributed by atoms with Crippen LogP contribution >= 0.6 is 0 Å². The second-order valence-electron chi connectivity index (χ2n) is 6.20. The average Bonchev–Trinajstić information content (AvgIpc) is 2.47. The summed E-state index contributed by atoms with van der Waals surface area (Å²) in [6, 6.07) is 8.10. The van der Waals surface area contributed by atoms with Crippen molar-refractivity contribution < 1.29 is 9.53 Å². The molecule has 1 N–H and O–H groups in total. The van der Waals surface area contributed by atoms with Gasteiger partial charge in [0.2, 0.25) is 5.91 Å². The van der Waals surface area contributed by atoms with Crippen LogP contribution in [-0.2, 0) is 4.79 Å². The Hall–Kier alpha value is -1.55. The molecule has 1 aromatic rings. The maximum Gasteiger partial charge on any atom is 0.225 e. The Morgan fingerprint density at radius 1 is 1.38 bits per heavy atom. The van der Waals surface area contributed by atoms with Crippen LogP contribution in [0.1, 0.15) is 38.8 Å². The largest absolute Gasteiger partial charge is 0.497 e. The number of nitrogens with zero attached hydrogens (tertiary/aromatic N) is 1. The summed E-state index contributed by atoms with van der Waals surface area (Å²) in [5, 5.41) is 3.07. The molecule has 0 heterocycles. The maximum absolute atomic E-state index is 12.2. The standard InChI is InChI=1S/C17H28N2O2/c1-7-17(2,3)16(20)18-12-15(19(4)5)13-9-8-10-14(11-13)21-6/h8-11,15H,7,12H2,1-6H3,(H,18,20). The summed E-state index contributed by atoms with van der Waals surface area (Å²) in [6.45, 7) is 6.56. The van der Waals surface area contributed by atoms with Crippen molar-refractivity contribution in [3.05, 3.63) is 29.8 Å². The maximum atomic E-state index is 12.2. The van der Waals surface area contributed by atoms with Gasteiger partial charge < -0.3 is 15.0 Å². The summed E-state index contributed by atoms with van der Waals surface area (Å²) in [5.41, 5.74) is 0.805. The van der Waals surface area contributed by atoms with E-state index in [-0.39, 0.29) is 17.4 Å². The van der Waals surface area contributed by atoms with Gasteiger partial charge in [-0.05, 0) is 38.2 Å². The van der Waals surface area contributed by atoms with Crippen LogP contribution in [0.15, 0.2) is 24.3 Å². The predicted molar refractivity (Wildman–Crippen MR) is 86.5 cm³/mol. The van der Waals surface area contributed by atoms with Crippen LogP contribution in [-0.4, -0.2) is 38.6 Å². The molecule has 1 rings (SSSR count). The third-order valence-electron chi connectivity index (χ3n) is 4.06. The monoisotopic (exact) mass is 292 g/mol. The smallest absolute Gasteiger partial charge is 0.225 e. The molecule has 1 amide bonds. The second-order valence-corrected chi connectivity index (χ2v) is 6.20. The molecule has 4 heteroatoms. The molecule has 0 saturated carbocycles. The van der Waals surface area contributed by atoms with Gasteiger partial charge in [0.1, 0.15) is 5.75 Å². The van der Waals surface area contributed by atoms with Crippen molar-refractivity contribution in [3.8, 4) is 5.75 Å². The van der Waals surface area contributed by atoms with E-state index < -0.39 is 0 Å². The minimum atomic E-state index is -0.328. The first kappa shape index (κ1) is 17.5. The van der Waals surface area contributed by atoms with Crippen LogP contribution in [0.4, 0.5) is 0 Å². The number of ether oxygens (including phenoxy) is 1. The lowest BCUT2D eigenvalue weighted by molar-refractivity contribution is -0.129. The Labute approximate surface area is 128 Å². The summed E-state index contributed by atoms with van der Waals surface area (Å²) >= 11 is 0. The van der Waals surface area contributed by atoms with Crippen molar-refractivity contribution in [1.82, 2.24) is 10.2 Å². The fourth-order valence-corrected chi connectivity index (χ4v) is 2.04. The highest BCUT2D eigenvalue weighted by molar-refractivity contribution is 5.81. The number of carbonyl (C=O) groups is 1. The van der Waals surface area contributed by atoms with Crippen molar-refractivity contribution in [2.24, 2.45) is 5.41 Å². The molecule has 0 bridgehead atoms. The van der Waals surface area contributed by atoms with Gasteiger partial charge in [0.15, 0.2) is 0 Å². The van der Waals surface area contributed by atoms with E-state index >= 15 is 0 Å². The van der Waals surface area contributed by atoms with Gasteiger partial charge in [-0.25, -0.2) is 0 Å². The third-order valence-corrected chi connectivity index (χ3v) is 4.06. The minimum absolute atomic E-state index is 0.0970. The van der Waals surface area contributed by atoms with Crippen molar-refractivity contribution in [2.45, 2.75) is 33.2 Å². The van der Waals surface area contributed by atoms with Gasteiger partial charge in [-0.2, -0.15) is 0 Å². The molecule has 0 aliphatic heterocycles. The van der Waals surface area contributed by atoms with E-state index in [1.54, 1.807) is 7.11 Å². The quantitative estimate of drug-likeness (QED) is 0.840. The predicted octanol–water partition coefficient (Wildman–Crippen LogP) is 2.85. The van der Waals surface area contributed by atoms with Crippen molar-refractivity contribution in [1.29, 1.82) is 0 Å². The molecule has 118 valence electrons. The third kappa shape index (κ3) is 4.74. The number of amides is 1. The van der Waals surface area contributed by atoms with E-state index in [0.29, 0.717) is 6.54 Å². The number of likely N-dealkylation sites (N-methyl/N-ethyl adjacent to an activating group) is 1. The highest BCUT2D eigenvalue weighted by atomic mass is 16.5. The van der Waals surface area contributed by atoms with E-state index in [4.69, 9.17) is 4.74 Å². The molecule has 0 spiro atoms. The summed E-state index contributed by atoms with van der Waals surface area (Å²) < 4.78 is 5.28. The van der Waals surface area contributed by atoms with Gasteiger partial charge in [0, 0.05) is 12.0 Å². The first-order valence-electron chi connectivity index (χ1n) is 7.40. The van der Waals surface area contributed by atoms with Gasteiger partial charge in [-0.3, -0.25) is 4.79 Å². The van der Waals surface area contributed by atoms with Crippen LogP contribution < -0.4 is 10.1 Å².